The molecule has 5 rings (SSSR count). The summed E-state index contributed by atoms with van der Waals surface area (Å²) in [5, 5.41) is 8.45. The zero-order chi connectivity index (χ0) is 17.0. The standard InChI is InChI=1S/C20H25N3O2/c1-24-17-6-14-16(7-18(17)25-2)23-15-5-3-4-13(15)19(14)22-12-8-20(9-12)10-21-11-20/h6-7,12,21H,3-5,8-11H2,1-2H3,(H,22,23). The van der Waals surface area contributed by atoms with Gasteiger partial charge >= 0.3 is 0 Å². The summed E-state index contributed by atoms with van der Waals surface area (Å²) in [5.74, 6) is 1.51. The van der Waals surface area contributed by atoms with Crippen molar-refractivity contribution >= 4 is 16.6 Å². The molecule has 2 aromatic rings. The number of hydrogen-bond acceptors (Lipinski definition) is 5. The van der Waals surface area contributed by atoms with Gasteiger partial charge in [-0.25, -0.2) is 0 Å². The van der Waals surface area contributed by atoms with Crippen LogP contribution in [0.1, 0.15) is 30.5 Å². The number of anilines is 1. The third-order valence-electron chi connectivity index (χ3n) is 6.22. The van der Waals surface area contributed by atoms with Crippen LogP contribution in [0.4, 0.5) is 5.69 Å². The zero-order valence-corrected chi connectivity index (χ0v) is 14.9. The first-order valence-electron chi connectivity index (χ1n) is 9.26. The maximum Gasteiger partial charge on any atom is 0.162 e. The number of nitrogens with one attached hydrogen (secondary N) is 2. The summed E-state index contributed by atoms with van der Waals surface area (Å²) in [5.41, 5.74) is 5.52. The van der Waals surface area contributed by atoms with Gasteiger partial charge in [-0.1, -0.05) is 0 Å². The Bertz CT molecular complexity index is 837. The summed E-state index contributed by atoms with van der Waals surface area (Å²) in [6, 6.07) is 4.67. The van der Waals surface area contributed by atoms with E-state index in [1.807, 2.05) is 6.07 Å². The minimum Gasteiger partial charge on any atom is -0.493 e. The number of pyridine rings is 1. The fourth-order valence-corrected chi connectivity index (χ4v) is 4.81. The Morgan fingerprint density at radius 2 is 1.88 bits per heavy atom. The van der Waals surface area contributed by atoms with Crippen molar-refractivity contribution in [1.29, 1.82) is 0 Å². The van der Waals surface area contributed by atoms with Crippen LogP contribution in [-0.2, 0) is 12.8 Å². The molecule has 2 aliphatic carbocycles. The van der Waals surface area contributed by atoms with Crippen LogP contribution >= 0.6 is 0 Å². The van der Waals surface area contributed by atoms with Crippen LogP contribution in [0.2, 0.25) is 0 Å². The molecule has 2 N–H and O–H groups in total. The summed E-state index contributed by atoms with van der Waals surface area (Å²) in [7, 11) is 3.37. The summed E-state index contributed by atoms with van der Waals surface area (Å²) in [4.78, 5) is 4.92. The Morgan fingerprint density at radius 1 is 1.12 bits per heavy atom. The first kappa shape index (κ1) is 15.3. The molecule has 25 heavy (non-hydrogen) atoms. The van der Waals surface area contributed by atoms with E-state index in [-0.39, 0.29) is 0 Å². The van der Waals surface area contributed by atoms with Crippen molar-refractivity contribution in [3.8, 4) is 11.5 Å². The Hall–Kier alpha value is -2.01. The minimum atomic E-state index is 0.574. The quantitative estimate of drug-likeness (QED) is 0.897. The highest BCUT2D eigenvalue weighted by Gasteiger charge is 2.48. The van der Waals surface area contributed by atoms with Gasteiger partial charge in [-0.3, -0.25) is 4.98 Å². The number of benzene rings is 1. The molecule has 5 heteroatoms. The lowest BCUT2D eigenvalue weighted by Gasteiger charge is -2.54. The van der Waals surface area contributed by atoms with Crippen LogP contribution in [0.15, 0.2) is 12.1 Å². The zero-order valence-electron chi connectivity index (χ0n) is 14.9. The normalized spacial score (nSPS) is 20.9. The van der Waals surface area contributed by atoms with Crippen LogP contribution in [0.25, 0.3) is 10.9 Å². The fraction of sp³-hybridized carbons (Fsp3) is 0.550. The molecule has 0 amide bonds. The molecule has 1 aliphatic heterocycles. The largest absolute Gasteiger partial charge is 0.493 e. The molecule has 0 bridgehead atoms. The number of hydrogen-bond donors (Lipinski definition) is 2. The lowest BCUT2D eigenvalue weighted by Crippen LogP contribution is -2.63. The maximum atomic E-state index is 5.53. The molecule has 1 spiro atoms. The number of fused-ring (bicyclic) bond motifs is 2. The van der Waals surface area contributed by atoms with Gasteiger partial charge in [0.1, 0.15) is 0 Å². The average molecular weight is 339 g/mol. The summed E-state index contributed by atoms with van der Waals surface area (Å²) >= 11 is 0. The number of rotatable bonds is 4. The molecule has 0 atom stereocenters. The topological polar surface area (TPSA) is 55.4 Å². The highest BCUT2D eigenvalue weighted by molar-refractivity contribution is 5.96. The molecular weight excluding hydrogens is 314 g/mol. The predicted octanol–water partition coefficient (Wildman–Crippen LogP) is 2.90. The molecule has 0 radical (unpaired) electrons. The smallest absolute Gasteiger partial charge is 0.162 e. The van der Waals surface area contributed by atoms with Crippen molar-refractivity contribution in [3.63, 3.8) is 0 Å². The van der Waals surface area contributed by atoms with Gasteiger partial charge < -0.3 is 20.1 Å². The van der Waals surface area contributed by atoms with Crippen LogP contribution in [-0.4, -0.2) is 38.3 Å². The van der Waals surface area contributed by atoms with Gasteiger partial charge in [0.15, 0.2) is 11.5 Å². The molecule has 1 aromatic carbocycles. The van der Waals surface area contributed by atoms with E-state index in [0.717, 1.165) is 35.2 Å². The highest BCUT2D eigenvalue weighted by Crippen LogP contribution is 2.47. The van der Waals surface area contributed by atoms with Crippen molar-refractivity contribution in [1.82, 2.24) is 10.3 Å². The summed E-state index contributed by atoms with van der Waals surface area (Å²) in [6.45, 7) is 2.37. The summed E-state index contributed by atoms with van der Waals surface area (Å²) in [6.07, 6.45) is 5.93. The Labute approximate surface area is 148 Å². The van der Waals surface area contributed by atoms with Crippen LogP contribution in [0.3, 0.4) is 0 Å². The Morgan fingerprint density at radius 3 is 2.56 bits per heavy atom. The van der Waals surface area contributed by atoms with Gasteiger partial charge in [-0.2, -0.15) is 0 Å². The Kier molecular flexibility index (Phi) is 3.35. The van der Waals surface area contributed by atoms with Gasteiger partial charge in [0.25, 0.3) is 0 Å². The van der Waals surface area contributed by atoms with Gasteiger partial charge in [0.05, 0.1) is 19.7 Å². The molecular formula is C20H25N3O2. The lowest BCUT2D eigenvalue weighted by atomic mass is 9.61. The highest BCUT2D eigenvalue weighted by atomic mass is 16.5. The van der Waals surface area contributed by atoms with Crippen LogP contribution in [0, 0.1) is 5.41 Å². The van der Waals surface area contributed by atoms with Crippen molar-refractivity contribution in [2.75, 3.05) is 32.6 Å². The lowest BCUT2D eigenvalue weighted by molar-refractivity contribution is 0.0471. The molecule has 132 valence electrons. The maximum absolute atomic E-state index is 5.53. The van der Waals surface area contributed by atoms with Crippen molar-refractivity contribution in [3.05, 3.63) is 23.4 Å². The van der Waals surface area contributed by atoms with E-state index in [4.69, 9.17) is 14.5 Å². The number of aryl methyl sites for hydroxylation is 1. The molecule has 1 saturated carbocycles. The van der Waals surface area contributed by atoms with E-state index in [9.17, 15) is 0 Å². The molecule has 2 heterocycles. The molecule has 2 fully saturated rings. The molecule has 1 aromatic heterocycles. The molecule has 3 aliphatic rings. The predicted molar refractivity (Wildman–Crippen MR) is 98.8 cm³/mol. The van der Waals surface area contributed by atoms with Gasteiger partial charge in [-0.15, -0.1) is 0 Å². The Balaban J connectivity index is 1.57. The van der Waals surface area contributed by atoms with E-state index < -0.39 is 0 Å². The molecule has 0 unspecified atom stereocenters. The number of aromatic nitrogens is 1. The minimum absolute atomic E-state index is 0.574. The van der Waals surface area contributed by atoms with Gasteiger partial charge in [-0.05, 0) is 49.1 Å². The van der Waals surface area contributed by atoms with Crippen LogP contribution < -0.4 is 20.1 Å². The van der Waals surface area contributed by atoms with Crippen molar-refractivity contribution in [2.45, 2.75) is 38.1 Å². The average Bonchev–Trinajstić information content (AvgIpc) is 3.01. The van der Waals surface area contributed by atoms with E-state index in [1.165, 1.54) is 49.3 Å². The number of methoxy groups -OCH3 is 2. The second-order valence-electron chi connectivity index (χ2n) is 7.84. The van der Waals surface area contributed by atoms with E-state index in [0.29, 0.717) is 11.5 Å². The van der Waals surface area contributed by atoms with Gasteiger partial charge in [0.2, 0.25) is 0 Å². The van der Waals surface area contributed by atoms with E-state index >= 15 is 0 Å². The molecule has 5 nitrogen and oxygen atoms in total. The first-order chi connectivity index (χ1) is 12.2. The van der Waals surface area contributed by atoms with Crippen molar-refractivity contribution in [2.24, 2.45) is 5.41 Å². The second-order valence-corrected chi connectivity index (χ2v) is 7.84. The third kappa shape index (κ3) is 2.29. The van der Waals surface area contributed by atoms with Crippen molar-refractivity contribution < 1.29 is 9.47 Å². The monoisotopic (exact) mass is 339 g/mol. The van der Waals surface area contributed by atoms with Crippen LogP contribution in [0.5, 0.6) is 11.5 Å². The van der Waals surface area contributed by atoms with Gasteiger partial charge in [0, 0.05) is 42.0 Å². The molecule has 1 saturated heterocycles. The second kappa shape index (κ2) is 5.49. The van der Waals surface area contributed by atoms with E-state index in [2.05, 4.69) is 16.7 Å². The van der Waals surface area contributed by atoms with E-state index in [1.54, 1.807) is 14.2 Å². The first-order valence-corrected chi connectivity index (χ1v) is 9.26. The third-order valence-corrected chi connectivity index (χ3v) is 6.22. The SMILES string of the molecule is COc1cc2nc3c(c(NC4CC5(CNC5)C4)c2cc1OC)CCC3. The number of ether oxygens (including phenoxy) is 2. The number of nitrogens with zero attached hydrogens (tertiary/aromatic N) is 1. The fourth-order valence-electron chi connectivity index (χ4n) is 4.81. The summed E-state index contributed by atoms with van der Waals surface area (Å²) < 4.78 is 11.0.